The van der Waals surface area contributed by atoms with Gasteiger partial charge in [0.25, 0.3) is 0 Å². The molecule has 94 valence electrons. The molecular formula is C11H13F3N2O. The summed E-state index contributed by atoms with van der Waals surface area (Å²) in [4.78, 5) is 11.5. The third-order valence-corrected chi connectivity index (χ3v) is 2.44. The smallest absolute Gasteiger partial charge is 0.228 e. The number of hydrogen-bond donors (Lipinski definition) is 2. The summed E-state index contributed by atoms with van der Waals surface area (Å²) in [6.45, 7) is 1.85. The fourth-order valence-electron chi connectivity index (χ4n) is 1.32. The van der Waals surface area contributed by atoms with Gasteiger partial charge < -0.3 is 11.1 Å². The number of benzene rings is 1. The molecule has 3 nitrogen and oxygen atoms in total. The van der Waals surface area contributed by atoms with Crippen molar-refractivity contribution in [3.05, 3.63) is 29.6 Å². The molecular weight excluding hydrogens is 233 g/mol. The monoisotopic (exact) mass is 246 g/mol. The van der Waals surface area contributed by atoms with Crippen LogP contribution in [-0.2, 0) is 4.79 Å². The summed E-state index contributed by atoms with van der Waals surface area (Å²) < 4.78 is 38.8. The number of halogens is 3. The van der Waals surface area contributed by atoms with Crippen LogP contribution < -0.4 is 11.1 Å². The van der Waals surface area contributed by atoms with E-state index in [0.29, 0.717) is 6.42 Å². The van der Waals surface area contributed by atoms with Gasteiger partial charge in [0.05, 0.1) is 11.6 Å². The van der Waals surface area contributed by atoms with Crippen LogP contribution in [0.3, 0.4) is 0 Å². The first-order valence-electron chi connectivity index (χ1n) is 5.15. The van der Waals surface area contributed by atoms with Crippen molar-refractivity contribution < 1.29 is 18.0 Å². The lowest BCUT2D eigenvalue weighted by molar-refractivity contribution is -0.119. The van der Waals surface area contributed by atoms with E-state index in [0.717, 1.165) is 12.1 Å². The summed E-state index contributed by atoms with van der Waals surface area (Å²) in [5, 5.41) is 2.18. The van der Waals surface area contributed by atoms with Crippen molar-refractivity contribution >= 4 is 11.6 Å². The zero-order valence-electron chi connectivity index (χ0n) is 9.27. The molecule has 3 N–H and O–H groups in total. The van der Waals surface area contributed by atoms with Gasteiger partial charge in [-0.05, 0) is 18.6 Å². The highest BCUT2D eigenvalue weighted by atomic mass is 19.2. The molecule has 1 unspecified atom stereocenters. The fraction of sp³-hybridized carbons (Fsp3) is 0.364. The third kappa shape index (κ3) is 2.97. The number of hydrogen-bond acceptors (Lipinski definition) is 2. The normalized spacial score (nSPS) is 12.3. The van der Waals surface area contributed by atoms with Crippen LogP contribution in [-0.4, -0.2) is 12.5 Å². The molecule has 0 saturated heterocycles. The highest BCUT2D eigenvalue weighted by molar-refractivity contribution is 5.92. The molecule has 0 aliphatic heterocycles. The Kier molecular flexibility index (Phi) is 4.51. The molecule has 6 heteroatoms. The van der Waals surface area contributed by atoms with Crippen molar-refractivity contribution in [3.8, 4) is 0 Å². The molecule has 0 heterocycles. The minimum atomic E-state index is -1.61. The lowest BCUT2D eigenvalue weighted by atomic mass is 10.1. The largest absolute Gasteiger partial charge is 0.330 e. The number of carbonyl (C=O) groups is 1. The molecule has 1 amide bonds. The maximum absolute atomic E-state index is 13.2. The second kappa shape index (κ2) is 5.67. The number of carbonyl (C=O) groups excluding carboxylic acids is 1. The molecule has 0 aromatic heterocycles. The minimum absolute atomic E-state index is 0.105. The quantitative estimate of drug-likeness (QED) is 0.798. The van der Waals surface area contributed by atoms with Gasteiger partial charge in [0, 0.05) is 6.54 Å². The van der Waals surface area contributed by atoms with Crippen LogP contribution in [0.2, 0.25) is 0 Å². The summed E-state index contributed by atoms with van der Waals surface area (Å²) in [5.74, 6) is -5.32. The van der Waals surface area contributed by atoms with Gasteiger partial charge in [0.1, 0.15) is 0 Å². The van der Waals surface area contributed by atoms with Gasteiger partial charge in [-0.1, -0.05) is 6.92 Å². The van der Waals surface area contributed by atoms with E-state index in [4.69, 9.17) is 5.73 Å². The summed E-state index contributed by atoms with van der Waals surface area (Å²) in [5.41, 5.74) is 4.95. The van der Waals surface area contributed by atoms with Crippen LogP contribution in [0.25, 0.3) is 0 Å². The van der Waals surface area contributed by atoms with Gasteiger partial charge in [-0.25, -0.2) is 13.2 Å². The number of nitrogens with two attached hydrogens (primary N) is 1. The molecule has 1 aromatic carbocycles. The molecule has 1 aromatic rings. The molecule has 0 aliphatic carbocycles. The highest BCUT2D eigenvalue weighted by Crippen LogP contribution is 2.20. The van der Waals surface area contributed by atoms with Crippen molar-refractivity contribution in [2.45, 2.75) is 13.3 Å². The average Bonchev–Trinajstić information content (AvgIpc) is 2.31. The van der Waals surface area contributed by atoms with Gasteiger partial charge in [-0.15, -0.1) is 0 Å². The third-order valence-electron chi connectivity index (χ3n) is 2.44. The number of amides is 1. The van der Waals surface area contributed by atoms with E-state index in [2.05, 4.69) is 5.32 Å². The molecule has 0 aliphatic rings. The first-order chi connectivity index (χ1) is 8.01. The number of anilines is 1. The predicted molar refractivity (Wildman–Crippen MR) is 57.8 cm³/mol. The van der Waals surface area contributed by atoms with E-state index in [-0.39, 0.29) is 12.2 Å². The van der Waals surface area contributed by atoms with Crippen molar-refractivity contribution in [2.75, 3.05) is 11.9 Å². The average molecular weight is 246 g/mol. The van der Waals surface area contributed by atoms with Gasteiger partial charge in [0.15, 0.2) is 17.5 Å². The molecule has 1 rings (SSSR count). The molecule has 0 saturated carbocycles. The van der Waals surface area contributed by atoms with Crippen LogP contribution in [0.4, 0.5) is 18.9 Å². The van der Waals surface area contributed by atoms with Crippen molar-refractivity contribution in [1.29, 1.82) is 0 Å². The van der Waals surface area contributed by atoms with Crippen LogP contribution >= 0.6 is 0 Å². The second-order valence-electron chi connectivity index (χ2n) is 3.55. The lowest BCUT2D eigenvalue weighted by Gasteiger charge is -2.13. The van der Waals surface area contributed by atoms with E-state index in [9.17, 15) is 18.0 Å². The fourth-order valence-corrected chi connectivity index (χ4v) is 1.32. The Balaban J connectivity index is 2.89. The predicted octanol–water partition coefficient (Wildman–Crippen LogP) is 2.03. The minimum Gasteiger partial charge on any atom is -0.330 e. The maximum Gasteiger partial charge on any atom is 0.228 e. The Hall–Kier alpha value is -1.56. The molecule has 17 heavy (non-hydrogen) atoms. The van der Waals surface area contributed by atoms with E-state index in [1.807, 2.05) is 0 Å². The van der Waals surface area contributed by atoms with Crippen LogP contribution in [0.1, 0.15) is 13.3 Å². The molecule has 1 atom stereocenters. The zero-order valence-corrected chi connectivity index (χ0v) is 9.27. The van der Waals surface area contributed by atoms with Crippen LogP contribution in [0.15, 0.2) is 12.1 Å². The number of rotatable bonds is 4. The van der Waals surface area contributed by atoms with Gasteiger partial charge in [-0.3, -0.25) is 4.79 Å². The summed E-state index contributed by atoms with van der Waals surface area (Å²) >= 11 is 0. The van der Waals surface area contributed by atoms with Gasteiger partial charge >= 0.3 is 0 Å². The molecule has 0 spiro atoms. The maximum atomic E-state index is 13.2. The molecule has 0 fully saturated rings. The second-order valence-corrected chi connectivity index (χ2v) is 3.55. The summed E-state index contributed by atoms with van der Waals surface area (Å²) in [7, 11) is 0. The Bertz CT molecular complexity index is 419. The molecule has 0 radical (unpaired) electrons. The molecule has 0 bridgehead atoms. The first kappa shape index (κ1) is 13.5. The van der Waals surface area contributed by atoms with Crippen LogP contribution in [0, 0.1) is 23.4 Å². The van der Waals surface area contributed by atoms with Crippen molar-refractivity contribution in [1.82, 2.24) is 0 Å². The Morgan fingerprint density at radius 2 is 2.00 bits per heavy atom. The van der Waals surface area contributed by atoms with E-state index in [1.165, 1.54) is 0 Å². The first-order valence-corrected chi connectivity index (χ1v) is 5.15. The Labute approximate surface area is 96.8 Å². The standard InChI is InChI=1S/C11H13F3N2O/c1-2-6(5-15)11(17)16-8-4-3-7(12)9(13)10(8)14/h3-4,6H,2,5,15H2,1H3,(H,16,17). The van der Waals surface area contributed by atoms with E-state index >= 15 is 0 Å². The number of nitrogens with one attached hydrogen (secondary N) is 1. The van der Waals surface area contributed by atoms with Crippen molar-refractivity contribution in [3.63, 3.8) is 0 Å². The van der Waals surface area contributed by atoms with Crippen LogP contribution in [0.5, 0.6) is 0 Å². The zero-order chi connectivity index (χ0) is 13.0. The Morgan fingerprint density at radius 3 is 2.53 bits per heavy atom. The van der Waals surface area contributed by atoms with Gasteiger partial charge in [-0.2, -0.15) is 0 Å². The Morgan fingerprint density at radius 1 is 1.35 bits per heavy atom. The van der Waals surface area contributed by atoms with E-state index in [1.54, 1.807) is 6.92 Å². The van der Waals surface area contributed by atoms with Crippen molar-refractivity contribution in [2.24, 2.45) is 11.7 Å². The lowest BCUT2D eigenvalue weighted by Crippen LogP contribution is -2.29. The summed E-state index contributed by atoms with van der Waals surface area (Å²) in [6.07, 6.45) is 0.480. The SMILES string of the molecule is CCC(CN)C(=O)Nc1ccc(F)c(F)c1F. The van der Waals surface area contributed by atoms with Gasteiger partial charge in [0.2, 0.25) is 5.91 Å². The summed E-state index contributed by atoms with van der Waals surface area (Å²) in [6, 6.07) is 1.71. The van der Waals surface area contributed by atoms with E-state index < -0.39 is 29.3 Å². The highest BCUT2D eigenvalue weighted by Gasteiger charge is 2.19. The topological polar surface area (TPSA) is 55.1 Å².